The van der Waals surface area contributed by atoms with Gasteiger partial charge < -0.3 is 9.84 Å². The molecule has 0 aliphatic rings. The van der Waals surface area contributed by atoms with Gasteiger partial charge in [0.05, 0.1) is 25.0 Å². The van der Waals surface area contributed by atoms with E-state index in [0.717, 1.165) is 7.11 Å². The molecule has 6 nitrogen and oxygen atoms in total. The van der Waals surface area contributed by atoms with Gasteiger partial charge in [-0.05, 0) is 0 Å². The third-order valence-corrected chi connectivity index (χ3v) is 3.63. The van der Waals surface area contributed by atoms with Crippen LogP contribution in [0.5, 0.6) is 0 Å². The summed E-state index contributed by atoms with van der Waals surface area (Å²) in [5, 5.41) is 8.32. The van der Waals surface area contributed by atoms with Crippen LogP contribution in [0.3, 0.4) is 0 Å². The normalized spacial score (nSPS) is 14.0. The molecule has 0 saturated heterocycles. The zero-order chi connectivity index (χ0) is 14.6. The number of methoxy groups -OCH3 is 1. The molecule has 0 amide bonds. The second-order valence-corrected chi connectivity index (χ2v) is 5.60. The predicted molar refractivity (Wildman–Crippen MR) is 52.5 cm³/mol. The third kappa shape index (κ3) is 5.84. The summed E-state index contributed by atoms with van der Waals surface area (Å²) < 4.78 is 63.3. The van der Waals surface area contributed by atoms with E-state index in [2.05, 4.69) is 4.74 Å². The average Bonchev–Trinajstić information content (AvgIpc) is 2.21. The molecule has 0 aliphatic carbocycles. The lowest BCUT2D eigenvalue weighted by atomic mass is 10.2. The number of carboxylic acids is 1. The molecule has 0 bridgehead atoms. The van der Waals surface area contributed by atoms with Crippen LogP contribution in [-0.4, -0.2) is 50.3 Å². The molecule has 0 saturated carbocycles. The monoisotopic (exact) mass is 292 g/mol. The number of carbonyl (C=O) groups is 2. The smallest absolute Gasteiger partial charge is 0.403 e. The fourth-order valence-electron chi connectivity index (χ4n) is 0.984. The van der Waals surface area contributed by atoms with Crippen LogP contribution in [0.15, 0.2) is 0 Å². The number of alkyl halides is 3. The summed E-state index contributed by atoms with van der Waals surface area (Å²) in [5.74, 6) is -8.66. The third-order valence-electron chi connectivity index (χ3n) is 1.96. The van der Waals surface area contributed by atoms with E-state index < -0.39 is 51.8 Å². The van der Waals surface area contributed by atoms with Crippen LogP contribution in [0.25, 0.3) is 0 Å². The van der Waals surface area contributed by atoms with E-state index in [9.17, 15) is 31.2 Å². The van der Waals surface area contributed by atoms with E-state index in [0.29, 0.717) is 0 Å². The molecule has 0 fully saturated rings. The average molecular weight is 292 g/mol. The first-order valence-corrected chi connectivity index (χ1v) is 6.38. The van der Waals surface area contributed by atoms with Crippen LogP contribution in [0.4, 0.5) is 13.2 Å². The molecular formula is C8H11F3O6S. The molecule has 1 N–H and O–H groups in total. The van der Waals surface area contributed by atoms with Crippen molar-refractivity contribution in [1.29, 1.82) is 0 Å². The highest BCUT2D eigenvalue weighted by molar-refractivity contribution is 7.91. The molecule has 0 aromatic carbocycles. The number of sulfone groups is 1. The number of carbonyl (C=O) groups excluding carboxylic acids is 1. The van der Waals surface area contributed by atoms with Crippen LogP contribution in [-0.2, 0) is 24.2 Å². The molecule has 0 heterocycles. The summed E-state index contributed by atoms with van der Waals surface area (Å²) in [6, 6.07) is 0. The van der Waals surface area contributed by atoms with Crippen molar-refractivity contribution in [2.24, 2.45) is 5.92 Å². The second kappa shape index (κ2) is 6.03. The van der Waals surface area contributed by atoms with Crippen molar-refractivity contribution in [1.82, 2.24) is 0 Å². The summed E-state index contributed by atoms with van der Waals surface area (Å²) in [6.45, 7) is 0. The van der Waals surface area contributed by atoms with E-state index in [-0.39, 0.29) is 0 Å². The SMILES string of the molecule is COC(=O)CCS(=O)(=O)CC(C(=O)O)C(F)(F)F. The summed E-state index contributed by atoms with van der Waals surface area (Å²) in [6.07, 6.45) is -5.78. The topological polar surface area (TPSA) is 97.7 Å². The lowest BCUT2D eigenvalue weighted by molar-refractivity contribution is -0.189. The van der Waals surface area contributed by atoms with E-state index in [1.54, 1.807) is 0 Å². The lowest BCUT2D eigenvalue weighted by Crippen LogP contribution is -2.37. The Morgan fingerprint density at radius 2 is 1.83 bits per heavy atom. The van der Waals surface area contributed by atoms with Crippen LogP contribution in [0.1, 0.15) is 6.42 Å². The van der Waals surface area contributed by atoms with Gasteiger partial charge in [0, 0.05) is 0 Å². The molecule has 0 spiro atoms. The number of rotatable bonds is 6. The molecule has 0 aromatic rings. The van der Waals surface area contributed by atoms with Gasteiger partial charge in [-0.15, -0.1) is 0 Å². The van der Waals surface area contributed by atoms with Gasteiger partial charge in [0.1, 0.15) is 0 Å². The summed E-state index contributed by atoms with van der Waals surface area (Å²) >= 11 is 0. The number of carboxylic acid groups (broad SMARTS) is 1. The van der Waals surface area contributed by atoms with Crippen molar-refractivity contribution in [3.8, 4) is 0 Å². The fourth-order valence-corrected chi connectivity index (χ4v) is 2.47. The van der Waals surface area contributed by atoms with Crippen molar-refractivity contribution in [2.75, 3.05) is 18.6 Å². The maximum absolute atomic E-state index is 12.2. The molecule has 18 heavy (non-hydrogen) atoms. The van der Waals surface area contributed by atoms with E-state index in [1.807, 2.05) is 0 Å². The van der Waals surface area contributed by atoms with Gasteiger partial charge in [-0.3, -0.25) is 9.59 Å². The maximum Gasteiger partial charge on any atom is 0.403 e. The van der Waals surface area contributed by atoms with Crippen molar-refractivity contribution in [2.45, 2.75) is 12.6 Å². The van der Waals surface area contributed by atoms with Crippen molar-refractivity contribution >= 4 is 21.8 Å². The summed E-state index contributed by atoms with van der Waals surface area (Å²) in [5.41, 5.74) is 0. The Labute approximate surface area is 101 Å². The first-order chi connectivity index (χ1) is 7.99. The van der Waals surface area contributed by atoms with Crippen LogP contribution < -0.4 is 0 Å². The number of hydrogen-bond acceptors (Lipinski definition) is 5. The van der Waals surface area contributed by atoms with E-state index in [1.165, 1.54) is 0 Å². The summed E-state index contributed by atoms with van der Waals surface area (Å²) in [4.78, 5) is 21.0. The first-order valence-electron chi connectivity index (χ1n) is 4.56. The zero-order valence-electron chi connectivity index (χ0n) is 9.23. The minimum absolute atomic E-state index is 0.622. The molecule has 0 rings (SSSR count). The Kier molecular flexibility index (Phi) is 5.58. The lowest BCUT2D eigenvalue weighted by Gasteiger charge is -2.15. The molecule has 0 radical (unpaired) electrons. The number of halogens is 3. The van der Waals surface area contributed by atoms with Gasteiger partial charge in [-0.2, -0.15) is 13.2 Å². The number of esters is 1. The number of aliphatic carboxylic acids is 1. The van der Waals surface area contributed by atoms with Gasteiger partial charge >= 0.3 is 18.1 Å². The highest BCUT2D eigenvalue weighted by Gasteiger charge is 2.47. The molecule has 0 aromatic heterocycles. The standard InChI is InChI=1S/C8H11F3O6S/c1-17-6(12)2-3-18(15,16)4-5(7(13)14)8(9,10)11/h5H,2-4H2,1H3,(H,13,14). The molecule has 0 aliphatic heterocycles. The van der Waals surface area contributed by atoms with Crippen LogP contribution >= 0.6 is 0 Å². The Hall–Kier alpha value is -1.32. The molecule has 106 valence electrons. The number of ether oxygens (including phenoxy) is 1. The van der Waals surface area contributed by atoms with E-state index in [4.69, 9.17) is 5.11 Å². The predicted octanol–water partition coefficient (Wildman–Crippen LogP) is 0.227. The number of hydrogen-bond donors (Lipinski definition) is 1. The Morgan fingerprint density at radius 3 is 2.17 bits per heavy atom. The Bertz CT molecular complexity index is 413. The van der Waals surface area contributed by atoms with Crippen LogP contribution in [0.2, 0.25) is 0 Å². The highest BCUT2D eigenvalue weighted by Crippen LogP contribution is 2.28. The molecule has 1 unspecified atom stereocenters. The maximum atomic E-state index is 12.2. The van der Waals surface area contributed by atoms with Gasteiger partial charge in [-0.1, -0.05) is 0 Å². The largest absolute Gasteiger partial charge is 0.481 e. The fraction of sp³-hybridized carbons (Fsp3) is 0.750. The summed E-state index contributed by atoms with van der Waals surface area (Å²) in [7, 11) is -3.32. The van der Waals surface area contributed by atoms with Gasteiger partial charge in [0.2, 0.25) is 0 Å². The highest BCUT2D eigenvalue weighted by atomic mass is 32.2. The van der Waals surface area contributed by atoms with Gasteiger partial charge in [-0.25, -0.2) is 8.42 Å². The van der Waals surface area contributed by atoms with Crippen molar-refractivity contribution < 1.29 is 41.0 Å². The van der Waals surface area contributed by atoms with Crippen LogP contribution in [0, 0.1) is 5.92 Å². The Balaban J connectivity index is 4.73. The molecule has 1 atom stereocenters. The Morgan fingerprint density at radius 1 is 1.33 bits per heavy atom. The first kappa shape index (κ1) is 16.7. The second-order valence-electron chi connectivity index (χ2n) is 3.37. The zero-order valence-corrected chi connectivity index (χ0v) is 10.0. The van der Waals surface area contributed by atoms with Crippen molar-refractivity contribution in [3.05, 3.63) is 0 Å². The minimum atomic E-state index is -5.16. The van der Waals surface area contributed by atoms with Gasteiger partial charge in [0.25, 0.3) is 0 Å². The molecular weight excluding hydrogens is 281 g/mol. The van der Waals surface area contributed by atoms with Gasteiger partial charge in [0.15, 0.2) is 15.8 Å². The minimum Gasteiger partial charge on any atom is -0.481 e. The molecule has 10 heteroatoms. The quantitative estimate of drug-likeness (QED) is 0.704. The van der Waals surface area contributed by atoms with Crippen molar-refractivity contribution in [3.63, 3.8) is 0 Å². The van der Waals surface area contributed by atoms with E-state index >= 15 is 0 Å².